The molecule has 1 aliphatic heterocycles. The Morgan fingerprint density at radius 3 is 2.90 bits per heavy atom. The quantitative estimate of drug-likeness (QED) is 0.415. The summed E-state index contributed by atoms with van der Waals surface area (Å²) < 4.78 is 0. The van der Waals surface area contributed by atoms with E-state index in [-0.39, 0.29) is 12.0 Å². The fraction of sp³-hybridized carbons (Fsp3) is 0.571. The van der Waals surface area contributed by atoms with Crippen molar-refractivity contribution in [3.63, 3.8) is 0 Å². The van der Waals surface area contributed by atoms with Gasteiger partial charge in [0.05, 0.1) is 0 Å². The average molecular weight is 137 g/mol. The van der Waals surface area contributed by atoms with Crippen molar-refractivity contribution in [2.45, 2.75) is 18.1 Å². The third kappa shape index (κ3) is 0.436. The predicted molar refractivity (Wildman–Crippen MR) is 33.8 cm³/mol. The Labute approximate surface area is 58.4 Å². The first-order valence-corrected chi connectivity index (χ1v) is 3.19. The Hall–Kier alpha value is -1.01. The van der Waals surface area contributed by atoms with Crippen LogP contribution in [0.15, 0.2) is 0 Å². The van der Waals surface area contributed by atoms with Crippen molar-refractivity contribution in [3.8, 4) is 12.3 Å². The highest BCUT2D eigenvalue weighted by atomic mass is 16.3. The molecule has 1 saturated heterocycles. The van der Waals surface area contributed by atoms with Crippen LogP contribution in [-0.4, -0.2) is 22.7 Å². The number of carbonyl (C=O) groups is 1. The first kappa shape index (κ1) is 5.75. The van der Waals surface area contributed by atoms with E-state index in [1.807, 2.05) is 0 Å². The number of fused-ring (bicyclic) bond motifs is 1. The topological polar surface area (TPSA) is 49.3 Å². The molecule has 1 heterocycles. The van der Waals surface area contributed by atoms with Crippen LogP contribution in [0.25, 0.3) is 0 Å². The molecule has 0 radical (unpaired) electrons. The number of amides is 1. The van der Waals surface area contributed by atoms with Gasteiger partial charge in [-0.25, -0.2) is 0 Å². The molecule has 0 aromatic carbocycles. The monoisotopic (exact) mass is 137 g/mol. The van der Waals surface area contributed by atoms with Crippen molar-refractivity contribution >= 4 is 5.91 Å². The lowest BCUT2D eigenvalue weighted by Crippen LogP contribution is -2.40. The molecule has 0 bridgehead atoms. The van der Waals surface area contributed by atoms with Gasteiger partial charge >= 0.3 is 0 Å². The van der Waals surface area contributed by atoms with Gasteiger partial charge in [0.25, 0.3) is 5.91 Å². The van der Waals surface area contributed by atoms with Crippen molar-refractivity contribution in [2.75, 3.05) is 0 Å². The van der Waals surface area contributed by atoms with Crippen LogP contribution >= 0.6 is 0 Å². The highest BCUT2D eigenvalue weighted by Crippen LogP contribution is 2.45. The van der Waals surface area contributed by atoms with Crippen molar-refractivity contribution < 1.29 is 9.90 Å². The Bertz CT molecular complexity index is 242. The van der Waals surface area contributed by atoms with E-state index in [4.69, 9.17) is 6.42 Å². The second-order valence-corrected chi connectivity index (χ2v) is 2.83. The van der Waals surface area contributed by atoms with E-state index in [0.29, 0.717) is 0 Å². The molecule has 3 nitrogen and oxygen atoms in total. The van der Waals surface area contributed by atoms with Gasteiger partial charge < -0.3 is 10.4 Å². The van der Waals surface area contributed by atoms with Crippen LogP contribution in [0.1, 0.15) is 6.42 Å². The van der Waals surface area contributed by atoms with Crippen LogP contribution in [0.2, 0.25) is 0 Å². The van der Waals surface area contributed by atoms with Gasteiger partial charge in [-0.15, -0.1) is 6.42 Å². The van der Waals surface area contributed by atoms with Crippen LogP contribution < -0.4 is 5.32 Å². The number of aliphatic hydroxyl groups is 1. The van der Waals surface area contributed by atoms with Gasteiger partial charge in [-0.2, -0.15) is 0 Å². The molecule has 1 saturated carbocycles. The lowest BCUT2D eigenvalue weighted by molar-refractivity contribution is -0.132. The van der Waals surface area contributed by atoms with Gasteiger partial charge in [-0.3, -0.25) is 4.79 Å². The van der Waals surface area contributed by atoms with Crippen LogP contribution in [0.3, 0.4) is 0 Å². The number of piperidine rings is 1. The van der Waals surface area contributed by atoms with Crippen molar-refractivity contribution in [3.05, 3.63) is 0 Å². The number of hydrogen-bond acceptors (Lipinski definition) is 2. The minimum Gasteiger partial charge on any atom is -0.369 e. The maximum Gasteiger partial charge on any atom is 0.265 e. The highest BCUT2D eigenvalue weighted by Gasteiger charge is 2.62. The molecule has 3 heteroatoms. The van der Waals surface area contributed by atoms with Gasteiger partial charge in [0.2, 0.25) is 5.60 Å². The van der Waals surface area contributed by atoms with E-state index in [9.17, 15) is 9.90 Å². The molecule has 1 amide bonds. The van der Waals surface area contributed by atoms with Crippen LogP contribution in [-0.2, 0) is 4.79 Å². The van der Waals surface area contributed by atoms with E-state index >= 15 is 0 Å². The second-order valence-electron chi connectivity index (χ2n) is 2.83. The minimum atomic E-state index is -1.50. The summed E-state index contributed by atoms with van der Waals surface area (Å²) in [5, 5.41) is 12.0. The normalized spacial score (nSPS) is 49.4. The molecule has 0 spiro atoms. The van der Waals surface area contributed by atoms with Crippen LogP contribution in [0.4, 0.5) is 0 Å². The highest BCUT2D eigenvalue weighted by molar-refractivity contribution is 5.93. The number of nitrogens with one attached hydrogen (secondary N) is 1. The van der Waals surface area contributed by atoms with Gasteiger partial charge in [-0.05, 0) is 6.42 Å². The largest absolute Gasteiger partial charge is 0.369 e. The third-order valence-corrected chi connectivity index (χ3v) is 2.21. The minimum absolute atomic E-state index is 0.0231. The van der Waals surface area contributed by atoms with E-state index in [2.05, 4.69) is 11.2 Å². The summed E-state index contributed by atoms with van der Waals surface area (Å²) in [4.78, 5) is 10.9. The van der Waals surface area contributed by atoms with Crippen LogP contribution in [0, 0.1) is 18.3 Å². The zero-order valence-electron chi connectivity index (χ0n) is 5.29. The number of rotatable bonds is 0. The summed E-state index contributed by atoms with van der Waals surface area (Å²) in [5.41, 5.74) is -1.50. The zero-order chi connectivity index (χ0) is 7.35. The maximum absolute atomic E-state index is 10.9. The summed E-state index contributed by atoms with van der Waals surface area (Å²) in [6.45, 7) is 0. The average Bonchev–Trinajstić information content (AvgIpc) is 2.61. The zero-order valence-corrected chi connectivity index (χ0v) is 5.29. The van der Waals surface area contributed by atoms with Crippen LogP contribution in [0.5, 0.6) is 0 Å². The fourth-order valence-corrected chi connectivity index (χ4v) is 1.44. The van der Waals surface area contributed by atoms with Gasteiger partial charge in [-0.1, -0.05) is 5.92 Å². The van der Waals surface area contributed by atoms with Crippen molar-refractivity contribution in [1.29, 1.82) is 0 Å². The summed E-state index contributed by atoms with van der Waals surface area (Å²) in [6, 6.07) is 0.147. The van der Waals surface area contributed by atoms with E-state index in [0.717, 1.165) is 6.42 Å². The smallest absolute Gasteiger partial charge is 0.265 e. The molecule has 2 fully saturated rings. The van der Waals surface area contributed by atoms with E-state index in [1.54, 1.807) is 0 Å². The predicted octanol–water partition coefficient (Wildman–Crippen LogP) is -1.13. The summed E-state index contributed by atoms with van der Waals surface area (Å²) in [6.07, 6.45) is 5.84. The SMILES string of the molecule is C#CC1(O)C(=O)NC2CC21. The Morgan fingerprint density at radius 2 is 2.60 bits per heavy atom. The summed E-state index contributed by atoms with van der Waals surface area (Å²) >= 11 is 0. The third-order valence-electron chi connectivity index (χ3n) is 2.21. The van der Waals surface area contributed by atoms with E-state index in [1.165, 1.54) is 0 Å². The van der Waals surface area contributed by atoms with Gasteiger partial charge in [0.1, 0.15) is 0 Å². The summed E-state index contributed by atoms with van der Waals surface area (Å²) in [7, 11) is 0. The Balaban J connectivity index is 2.36. The molecule has 1 aliphatic carbocycles. The molecule has 52 valence electrons. The molecule has 2 aliphatic rings. The lowest BCUT2D eigenvalue weighted by atomic mass is 10.0. The Kier molecular flexibility index (Phi) is 0.778. The van der Waals surface area contributed by atoms with E-state index < -0.39 is 11.5 Å². The first-order chi connectivity index (χ1) is 4.68. The second kappa shape index (κ2) is 1.35. The fourth-order valence-electron chi connectivity index (χ4n) is 1.44. The molecule has 10 heavy (non-hydrogen) atoms. The summed E-state index contributed by atoms with van der Waals surface area (Å²) in [5.74, 6) is 1.70. The van der Waals surface area contributed by atoms with Gasteiger partial charge in [0, 0.05) is 12.0 Å². The maximum atomic E-state index is 10.9. The first-order valence-electron chi connectivity index (χ1n) is 3.19. The van der Waals surface area contributed by atoms with Gasteiger partial charge in [0.15, 0.2) is 0 Å². The molecule has 3 unspecified atom stereocenters. The molecule has 0 aromatic heterocycles. The molecule has 0 aromatic rings. The number of hydrogen-bond donors (Lipinski definition) is 2. The standard InChI is InChI=1S/C7H7NO2/c1-2-7(10)4-3-5(4)8-6(7)9/h1,4-5,10H,3H2,(H,8,9). The Morgan fingerprint density at radius 1 is 1.90 bits per heavy atom. The molecular formula is C7H7NO2. The number of terminal acetylenes is 1. The van der Waals surface area contributed by atoms with Crippen molar-refractivity contribution in [1.82, 2.24) is 5.32 Å². The number of carbonyl (C=O) groups excluding carboxylic acids is 1. The molecule has 2 rings (SSSR count). The molecule has 3 atom stereocenters. The molecular weight excluding hydrogens is 130 g/mol. The molecule has 2 N–H and O–H groups in total. The van der Waals surface area contributed by atoms with Crippen molar-refractivity contribution in [2.24, 2.45) is 5.92 Å². The lowest BCUT2D eigenvalue weighted by Gasteiger charge is -2.12.